The average Bonchev–Trinajstić information content (AvgIpc) is 3.24. The van der Waals surface area contributed by atoms with Crippen molar-refractivity contribution in [3.05, 3.63) is 57.2 Å². The molecule has 0 unspecified atom stereocenters. The van der Waals surface area contributed by atoms with Gasteiger partial charge in [-0.25, -0.2) is 9.97 Å². The standard InChI is InChI=1S/C23H25ClN8O2S/c1-14-4-3-5-16(24)18(14)32-13-25-20-19(21(32)34)35-23(29-20)28-17-12-15(2)26-22(27-17)31-8-6-30(7-9-31)10-11-33/h3-5,12-13,33H,6-11H2,1-2H3,(H,26,27,28,29). The summed E-state index contributed by atoms with van der Waals surface area (Å²) in [6.07, 6.45) is 1.46. The predicted molar refractivity (Wildman–Crippen MR) is 139 cm³/mol. The van der Waals surface area contributed by atoms with Crippen molar-refractivity contribution < 1.29 is 5.11 Å². The summed E-state index contributed by atoms with van der Waals surface area (Å²) in [5.74, 6) is 1.25. The average molecular weight is 513 g/mol. The molecule has 3 aromatic heterocycles. The second-order valence-electron chi connectivity index (χ2n) is 8.37. The lowest BCUT2D eigenvalue weighted by Crippen LogP contribution is -2.47. The molecule has 5 rings (SSSR count). The number of β-amino-alcohol motifs (C(OH)–C–C–N with tert-alkyl or cyclic N) is 1. The summed E-state index contributed by atoms with van der Waals surface area (Å²) in [5, 5.41) is 13.4. The third-order valence-corrected chi connectivity index (χ3v) is 7.15. The number of rotatable bonds is 6. The minimum absolute atomic E-state index is 0.162. The van der Waals surface area contributed by atoms with Crippen molar-refractivity contribution in [2.45, 2.75) is 13.8 Å². The molecule has 0 radical (unpaired) electrons. The Labute approximate surface area is 210 Å². The number of halogens is 1. The van der Waals surface area contributed by atoms with Crippen molar-refractivity contribution in [2.24, 2.45) is 0 Å². The lowest BCUT2D eigenvalue weighted by Gasteiger charge is -2.34. The van der Waals surface area contributed by atoms with Crippen LogP contribution >= 0.6 is 22.9 Å². The fourth-order valence-electron chi connectivity index (χ4n) is 4.13. The number of anilines is 3. The highest BCUT2D eigenvalue weighted by Crippen LogP contribution is 2.27. The molecule has 0 aliphatic carbocycles. The number of piperazine rings is 1. The van der Waals surface area contributed by atoms with Crippen molar-refractivity contribution in [3.63, 3.8) is 0 Å². The summed E-state index contributed by atoms with van der Waals surface area (Å²) in [6, 6.07) is 7.34. The third-order valence-electron chi connectivity index (χ3n) is 5.90. The molecule has 4 aromatic rings. The molecule has 12 heteroatoms. The first-order chi connectivity index (χ1) is 16.9. The van der Waals surface area contributed by atoms with Crippen molar-refractivity contribution in [1.82, 2.24) is 29.4 Å². The number of aliphatic hydroxyl groups is 1. The van der Waals surface area contributed by atoms with Gasteiger partial charge < -0.3 is 15.3 Å². The van der Waals surface area contributed by atoms with Gasteiger partial charge in [0.05, 0.1) is 17.3 Å². The molecule has 1 aliphatic heterocycles. The van der Waals surface area contributed by atoms with Crippen molar-refractivity contribution in [1.29, 1.82) is 0 Å². The largest absolute Gasteiger partial charge is 0.395 e. The van der Waals surface area contributed by atoms with Crippen LogP contribution in [0.3, 0.4) is 0 Å². The number of aliphatic hydroxyl groups excluding tert-OH is 1. The van der Waals surface area contributed by atoms with E-state index in [2.05, 4.69) is 35.1 Å². The van der Waals surface area contributed by atoms with Gasteiger partial charge in [-0.3, -0.25) is 14.3 Å². The van der Waals surface area contributed by atoms with E-state index in [1.54, 1.807) is 6.07 Å². The normalized spacial score (nSPS) is 14.6. The van der Waals surface area contributed by atoms with Gasteiger partial charge in [-0.15, -0.1) is 0 Å². The highest BCUT2D eigenvalue weighted by Gasteiger charge is 2.20. The number of aryl methyl sites for hydroxylation is 2. The summed E-state index contributed by atoms with van der Waals surface area (Å²) >= 11 is 7.60. The predicted octanol–water partition coefficient (Wildman–Crippen LogP) is 2.76. The quantitative estimate of drug-likeness (QED) is 0.402. The Morgan fingerprint density at radius 1 is 1.14 bits per heavy atom. The fourth-order valence-corrected chi connectivity index (χ4v) is 5.30. The second-order valence-corrected chi connectivity index (χ2v) is 9.77. The molecule has 1 aliphatic rings. The Hall–Kier alpha value is -3.12. The van der Waals surface area contributed by atoms with Crippen molar-refractivity contribution in [2.75, 3.05) is 49.5 Å². The zero-order valence-corrected chi connectivity index (χ0v) is 21.0. The number of hydrogen-bond acceptors (Lipinski definition) is 10. The zero-order valence-electron chi connectivity index (χ0n) is 19.4. The second kappa shape index (κ2) is 9.86. The molecule has 182 valence electrons. The SMILES string of the molecule is Cc1cc(Nc2nc3ncn(-c4c(C)cccc4Cl)c(=O)c3s2)nc(N2CCN(CCO)CC2)n1. The van der Waals surface area contributed by atoms with E-state index in [0.717, 1.165) is 37.4 Å². The summed E-state index contributed by atoms with van der Waals surface area (Å²) < 4.78 is 1.89. The van der Waals surface area contributed by atoms with Crippen LogP contribution in [0.25, 0.3) is 16.0 Å². The number of fused-ring (bicyclic) bond motifs is 1. The Balaban J connectivity index is 1.41. The molecule has 0 bridgehead atoms. The van der Waals surface area contributed by atoms with Gasteiger partial charge in [-0.1, -0.05) is 35.1 Å². The van der Waals surface area contributed by atoms with E-state index >= 15 is 0 Å². The maximum absolute atomic E-state index is 13.2. The Bertz CT molecular complexity index is 1410. The monoisotopic (exact) mass is 512 g/mol. The van der Waals surface area contributed by atoms with Gasteiger partial charge in [0.15, 0.2) is 10.8 Å². The number of benzene rings is 1. The summed E-state index contributed by atoms with van der Waals surface area (Å²) in [4.78, 5) is 35.8. The van der Waals surface area contributed by atoms with Crippen LogP contribution in [-0.2, 0) is 0 Å². The van der Waals surface area contributed by atoms with E-state index in [0.29, 0.717) is 44.5 Å². The van der Waals surface area contributed by atoms with Gasteiger partial charge in [-0.05, 0) is 25.5 Å². The van der Waals surface area contributed by atoms with Gasteiger partial charge in [0.2, 0.25) is 5.95 Å². The highest BCUT2D eigenvalue weighted by atomic mass is 35.5. The first-order valence-electron chi connectivity index (χ1n) is 11.3. The highest BCUT2D eigenvalue weighted by molar-refractivity contribution is 7.22. The Kier molecular flexibility index (Phi) is 6.65. The number of hydrogen-bond donors (Lipinski definition) is 2. The van der Waals surface area contributed by atoms with Crippen LogP contribution in [0, 0.1) is 13.8 Å². The van der Waals surface area contributed by atoms with E-state index in [1.165, 1.54) is 22.2 Å². The van der Waals surface area contributed by atoms with Gasteiger partial charge in [-0.2, -0.15) is 9.97 Å². The molecule has 4 heterocycles. The molecular weight excluding hydrogens is 488 g/mol. The molecule has 0 atom stereocenters. The Morgan fingerprint density at radius 3 is 2.69 bits per heavy atom. The van der Waals surface area contributed by atoms with Crippen LogP contribution in [0.4, 0.5) is 16.9 Å². The van der Waals surface area contributed by atoms with Gasteiger partial charge >= 0.3 is 0 Å². The maximum Gasteiger partial charge on any atom is 0.277 e. The molecule has 10 nitrogen and oxygen atoms in total. The number of nitrogens with zero attached hydrogens (tertiary/aromatic N) is 7. The number of para-hydroxylation sites is 1. The molecule has 0 spiro atoms. The van der Waals surface area contributed by atoms with Gasteiger partial charge in [0.1, 0.15) is 16.8 Å². The van der Waals surface area contributed by atoms with Crippen molar-refractivity contribution >= 4 is 50.2 Å². The van der Waals surface area contributed by atoms with Crippen LogP contribution in [0.2, 0.25) is 5.02 Å². The lowest BCUT2D eigenvalue weighted by molar-refractivity contribution is 0.188. The van der Waals surface area contributed by atoms with E-state index in [9.17, 15) is 4.79 Å². The van der Waals surface area contributed by atoms with Crippen LogP contribution in [0.1, 0.15) is 11.3 Å². The van der Waals surface area contributed by atoms with E-state index in [-0.39, 0.29) is 12.2 Å². The molecule has 0 amide bonds. The molecule has 2 N–H and O–H groups in total. The minimum Gasteiger partial charge on any atom is -0.395 e. The van der Waals surface area contributed by atoms with Gasteiger partial charge in [0.25, 0.3) is 5.56 Å². The smallest absolute Gasteiger partial charge is 0.277 e. The zero-order chi connectivity index (χ0) is 24.5. The molecule has 1 fully saturated rings. The Morgan fingerprint density at radius 2 is 1.94 bits per heavy atom. The number of nitrogens with one attached hydrogen (secondary N) is 1. The minimum atomic E-state index is -0.225. The topological polar surface area (TPSA) is 112 Å². The van der Waals surface area contributed by atoms with E-state index < -0.39 is 0 Å². The summed E-state index contributed by atoms with van der Waals surface area (Å²) in [6.45, 7) is 7.93. The van der Waals surface area contributed by atoms with Crippen molar-refractivity contribution in [3.8, 4) is 5.69 Å². The first kappa shape index (κ1) is 23.6. The van der Waals surface area contributed by atoms with E-state index in [4.69, 9.17) is 16.7 Å². The summed E-state index contributed by atoms with van der Waals surface area (Å²) in [7, 11) is 0. The van der Waals surface area contributed by atoms with Crippen LogP contribution in [-0.4, -0.2) is 73.8 Å². The summed E-state index contributed by atoms with van der Waals surface area (Å²) in [5.41, 5.74) is 2.47. The van der Waals surface area contributed by atoms with Gasteiger partial charge in [0, 0.05) is 44.5 Å². The first-order valence-corrected chi connectivity index (χ1v) is 12.5. The molecule has 1 saturated heterocycles. The maximum atomic E-state index is 13.2. The lowest BCUT2D eigenvalue weighted by atomic mass is 10.2. The molecule has 0 saturated carbocycles. The van der Waals surface area contributed by atoms with Crippen LogP contribution in [0.15, 0.2) is 35.4 Å². The van der Waals surface area contributed by atoms with Crippen LogP contribution in [0.5, 0.6) is 0 Å². The third kappa shape index (κ3) is 4.85. The number of thiazole rings is 1. The molecule has 35 heavy (non-hydrogen) atoms. The number of aromatic nitrogens is 5. The molecule has 1 aromatic carbocycles. The fraction of sp³-hybridized carbons (Fsp3) is 0.348. The van der Waals surface area contributed by atoms with E-state index in [1.807, 2.05) is 32.0 Å². The molecular formula is C23H25ClN8O2S. The van der Waals surface area contributed by atoms with Crippen LogP contribution < -0.4 is 15.8 Å².